The summed E-state index contributed by atoms with van der Waals surface area (Å²) in [5, 5.41) is 11.0. The molecule has 0 aromatic rings. The molecule has 6 heteroatoms. The van der Waals surface area contributed by atoms with E-state index in [0.717, 1.165) is 32.1 Å². The number of unbranched alkanes of at least 4 members (excludes halogenated alkanes) is 2. The van der Waals surface area contributed by atoms with Crippen molar-refractivity contribution in [2.45, 2.75) is 45.4 Å². The molecule has 1 atom stereocenters. The Morgan fingerprint density at radius 3 is 2.68 bits per heavy atom. The second-order valence-corrected chi connectivity index (χ2v) is 4.44. The van der Waals surface area contributed by atoms with Gasteiger partial charge in [0.05, 0.1) is 12.7 Å². The fraction of sp³-hybridized carbons (Fsp3) is 0.769. The van der Waals surface area contributed by atoms with Gasteiger partial charge in [-0.05, 0) is 18.8 Å². The van der Waals surface area contributed by atoms with Gasteiger partial charge in [-0.1, -0.05) is 26.2 Å². The van der Waals surface area contributed by atoms with E-state index < -0.39 is 6.09 Å². The number of carbonyl (C=O) groups excluding carboxylic acids is 2. The highest BCUT2D eigenvalue weighted by Gasteiger charge is 2.08. The van der Waals surface area contributed by atoms with Crippen LogP contribution in [0, 0.1) is 17.2 Å². The summed E-state index contributed by atoms with van der Waals surface area (Å²) in [7, 11) is 0. The van der Waals surface area contributed by atoms with Crippen LogP contribution in [0.2, 0.25) is 0 Å². The largest absolute Gasteiger partial charge is 0.449 e. The molecule has 0 saturated heterocycles. The van der Waals surface area contributed by atoms with Gasteiger partial charge in [-0.25, -0.2) is 4.79 Å². The molecule has 3 N–H and O–H groups in total. The van der Waals surface area contributed by atoms with E-state index in [9.17, 15) is 9.59 Å². The molecule has 0 aromatic carbocycles. The summed E-state index contributed by atoms with van der Waals surface area (Å²) in [4.78, 5) is 21.5. The topological polar surface area (TPSA) is 105 Å². The Balaban J connectivity index is 3.48. The summed E-state index contributed by atoms with van der Waals surface area (Å²) in [6.07, 6.45) is 4.04. The first-order valence-corrected chi connectivity index (χ1v) is 6.66. The lowest BCUT2D eigenvalue weighted by Gasteiger charge is -2.13. The molecule has 0 fully saturated rings. The molecule has 0 aromatic heterocycles. The molecule has 6 nitrogen and oxygen atoms in total. The van der Waals surface area contributed by atoms with E-state index in [1.807, 2.05) is 0 Å². The second-order valence-electron chi connectivity index (χ2n) is 4.44. The van der Waals surface area contributed by atoms with Gasteiger partial charge in [0.15, 0.2) is 0 Å². The van der Waals surface area contributed by atoms with Crippen LogP contribution >= 0.6 is 0 Å². The summed E-state index contributed by atoms with van der Waals surface area (Å²) in [6.45, 7) is 3.04. The highest BCUT2D eigenvalue weighted by atomic mass is 16.5. The van der Waals surface area contributed by atoms with Gasteiger partial charge >= 0.3 is 6.09 Å². The van der Waals surface area contributed by atoms with Crippen LogP contribution in [0.5, 0.6) is 0 Å². The summed E-state index contributed by atoms with van der Waals surface area (Å²) in [5.41, 5.74) is 4.92. The Kier molecular flexibility index (Phi) is 10.3. The van der Waals surface area contributed by atoms with Gasteiger partial charge in [0.25, 0.3) is 0 Å². The Morgan fingerprint density at radius 2 is 2.11 bits per heavy atom. The van der Waals surface area contributed by atoms with Gasteiger partial charge in [0.2, 0.25) is 5.91 Å². The van der Waals surface area contributed by atoms with Gasteiger partial charge in [-0.3, -0.25) is 4.79 Å². The maximum Gasteiger partial charge on any atom is 0.404 e. The lowest BCUT2D eigenvalue weighted by atomic mass is 9.99. The van der Waals surface area contributed by atoms with Crippen molar-refractivity contribution < 1.29 is 14.3 Å². The molecular weight excluding hydrogens is 246 g/mol. The van der Waals surface area contributed by atoms with Crippen LogP contribution < -0.4 is 11.1 Å². The smallest absolute Gasteiger partial charge is 0.404 e. The Bertz CT molecular complexity index is 313. The monoisotopic (exact) mass is 269 g/mol. The van der Waals surface area contributed by atoms with Gasteiger partial charge in [0, 0.05) is 6.54 Å². The lowest BCUT2D eigenvalue weighted by Crippen LogP contribution is -2.23. The van der Waals surface area contributed by atoms with Crippen molar-refractivity contribution in [3.05, 3.63) is 0 Å². The minimum Gasteiger partial charge on any atom is -0.449 e. The van der Waals surface area contributed by atoms with E-state index in [-0.39, 0.29) is 12.3 Å². The quantitative estimate of drug-likeness (QED) is 0.589. The van der Waals surface area contributed by atoms with E-state index in [4.69, 9.17) is 15.7 Å². The van der Waals surface area contributed by atoms with Gasteiger partial charge < -0.3 is 15.8 Å². The molecule has 0 spiro atoms. The summed E-state index contributed by atoms with van der Waals surface area (Å²) >= 11 is 0. The van der Waals surface area contributed by atoms with Crippen molar-refractivity contribution >= 4 is 12.0 Å². The van der Waals surface area contributed by atoms with E-state index in [1.165, 1.54) is 0 Å². The molecule has 108 valence electrons. The number of rotatable bonds is 10. The number of hydrogen-bond donors (Lipinski definition) is 2. The van der Waals surface area contributed by atoms with E-state index in [2.05, 4.69) is 12.2 Å². The number of nitrogens with one attached hydrogen (secondary N) is 1. The number of amides is 2. The highest BCUT2D eigenvalue weighted by Crippen LogP contribution is 2.13. The third-order valence-electron chi connectivity index (χ3n) is 2.89. The van der Waals surface area contributed by atoms with Crippen molar-refractivity contribution in [3.8, 4) is 6.07 Å². The minimum absolute atomic E-state index is 0.0810. The Hall–Kier alpha value is -1.77. The van der Waals surface area contributed by atoms with Crippen LogP contribution in [0.1, 0.15) is 45.4 Å². The van der Waals surface area contributed by atoms with E-state index in [0.29, 0.717) is 19.1 Å². The molecule has 2 amide bonds. The zero-order chi connectivity index (χ0) is 14.5. The van der Waals surface area contributed by atoms with E-state index >= 15 is 0 Å². The Labute approximate surface area is 114 Å². The number of carbonyl (C=O) groups is 2. The first-order valence-electron chi connectivity index (χ1n) is 6.66. The first-order chi connectivity index (χ1) is 9.10. The van der Waals surface area contributed by atoms with Crippen LogP contribution in [0.15, 0.2) is 0 Å². The molecule has 0 radical (unpaired) electrons. The lowest BCUT2D eigenvalue weighted by molar-refractivity contribution is -0.120. The molecule has 0 aliphatic rings. The normalized spacial score (nSPS) is 11.4. The number of nitrogens with zero attached hydrogens (tertiary/aromatic N) is 1. The van der Waals surface area contributed by atoms with Gasteiger partial charge in [-0.15, -0.1) is 0 Å². The fourth-order valence-corrected chi connectivity index (χ4v) is 1.70. The Morgan fingerprint density at radius 1 is 1.37 bits per heavy atom. The third kappa shape index (κ3) is 11.1. The number of hydrogen-bond acceptors (Lipinski definition) is 4. The van der Waals surface area contributed by atoms with Crippen LogP contribution in [0.3, 0.4) is 0 Å². The summed E-state index contributed by atoms with van der Waals surface area (Å²) < 4.78 is 4.78. The fourth-order valence-electron chi connectivity index (χ4n) is 1.70. The average molecular weight is 269 g/mol. The van der Waals surface area contributed by atoms with Crippen molar-refractivity contribution in [1.82, 2.24) is 5.32 Å². The number of ether oxygens (including phenoxy) is 1. The molecule has 0 rings (SSSR count). The number of nitrogens with two attached hydrogens (primary N) is 1. The van der Waals surface area contributed by atoms with Crippen molar-refractivity contribution in [2.24, 2.45) is 11.7 Å². The maximum atomic E-state index is 11.0. The number of primary amides is 1. The SMILES string of the molecule is CCC(CCCCCNC(=O)CC#N)COC(N)=O. The minimum atomic E-state index is -0.723. The summed E-state index contributed by atoms with van der Waals surface area (Å²) in [6, 6.07) is 1.80. The second kappa shape index (κ2) is 11.3. The van der Waals surface area contributed by atoms with Crippen LogP contribution in [-0.4, -0.2) is 25.2 Å². The molecule has 0 heterocycles. The van der Waals surface area contributed by atoms with Gasteiger partial charge in [-0.2, -0.15) is 5.26 Å². The molecule has 0 bridgehead atoms. The average Bonchev–Trinajstić information content (AvgIpc) is 2.37. The standard InChI is InChI=1S/C13H23N3O3/c1-2-11(10-19-13(15)18)6-4-3-5-9-16-12(17)7-8-14/h11H,2-7,9-10H2,1H3,(H2,15,18)(H,16,17). The van der Waals surface area contributed by atoms with Crippen LogP contribution in [0.4, 0.5) is 4.79 Å². The molecule has 1 unspecified atom stereocenters. The third-order valence-corrected chi connectivity index (χ3v) is 2.89. The first kappa shape index (κ1) is 17.2. The van der Waals surface area contributed by atoms with Crippen LogP contribution in [-0.2, 0) is 9.53 Å². The molecule has 0 saturated carbocycles. The van der Waals surface area contributed by atoms with E-state index in [1.54, 1.807) is 6.07 Å². The molecular formula is C13H23N3O3. The highest BCUT2D eigenvalue weighted by molar-refractivity contribution is 5.77. The zero-order valence-corrected chi connectivity index (χ0v) is 11.5. The predicted molar refractivity (Wildman–Crippen MR) is 71.0 cm³/mol. The predicted octanol–water partition coefficient (Wildman–Crippen LogP) is 1.70. The molecule has 19 heavy (non-hydrogen) atoms. The molecule has 0 aliphatic heterocycles. The van der Waals surface area contributed by atoms with Crippen molar-refractivity contribution in [1.29, 1.82) is 5.26 Å². The van der Waals surface area contributed by atoms with Crippen molar-refractivity contribution in [2.75, 3.05) is 13.2 Å². The summed E-state index contributed by atoms with van der Waals surface area (Å²) in [5.74, 6) is 0.129. The van der Waals surface area contributed by atoms with Gasteiger partial charge in [0.1, 0.15) is 6.42 Å². The van der Waals surface area contributed by atoms with Crippen LogP contribution in [0.25, 0.3) is 0 Å². The number of nitriles is 1. The zero-order valence-electron chi connectivity index (χ0n) is 11.5. The molecule has 0 aliphatic carbocycles. The van der Waals surface area contributed by atoms with Crippen molar-refractivity contribution in [3.63, 3.8) is 0 Å². The maximum absolute atomic E-state index is 11.0.